The molecule has 2 aliphatic heterocycles. The molecule has 7 heteroatoms. The Morgan fingerprint density at radius 3 is 2.91 bits per heavy atom. The third kappa shape index (κ3) is 3.30. The minimum atomic E-state index is -0.0950. The number of aromatic nitrogens is 2. The smallest absolute Gasteiger partial charge is 0.249 e. The van der Waals surface area contributed by atoms with Gasteiger partial charge in [0.25, 0.3) is 0 Å². The van der Waals surface area contributed by atoms with Crippen LogP contribution in [0.4, 0.5) is 0 Å². The van der Waals surface area contributed by atoms with Gasteiger partial charge in [-0.1, -0.05) is 5.16 Å². The number of likely N-dealkylation sites (tertiary alicyclic amines) is 1. The van der Waals surface area contributed by atoms with Crippen LogP contribution in [0.5, 0.6) is 0 Å². The van der Waals surface area contributed by atoms with Gasteiger partial charge in [0.1, 0.15) is 6.04 Å². The van der Waals surface area contributed by atoms with Gasteiger partial charge in [-0.3, -0.25) is 9.69 Å². The van der Waals surface area contributed by atoms with Crippen LogP contribution in [0.25, 0.3) is 0 Å². The molecule has 0 spiro atoms. The summed E-state index contributed by atoms with van der Waals surface area (Å²) in [5.41, 5.74) is 1.40. The molecule has 2 fully saturated rings. The van der Waals surface area contributed by atoms with Crippen molar-refractivity contribution in [3.05, 3.63) is 34.1 Å². The van der Waals surface area contributed by atoms with E-state index in [0.29, 0.717) is 18.2 Å². The SMILES string of the molecule is O=C1CC[C@@H](c2nc(C3CCN(Cc4ccsc4)CC3)no2)N1. The maximum Gasteiger partial charge on any atom is 0.249 e. The highest BCUT2D eigenvalue weighted by Gasteiger charge is 2.30. The zero-order valence-electron chi connectivity index (χ0n) is 12.9. The lowest BCUT2D eigenvalue weighted by Gasteiger charge is -2.30. The molecule has 23 heavy (non-hydrogen) atoms. The number of amides is 1. The van der Waals surface area contributed by atoms with Crippen molar-refractivity contribution in [3.63, 3.8) is 0 Å². The highest BCUT2D eigenvalue weighted by atomic mass is 32.1. The molecule has 1 atom stereocenters. The van der Waals surface area contributed by atoms with E-state index in [1.807, 2.05) is 0 Å². The topological polar surface area (TPSA) is 71.3 Å². The fourth-order valence-electron chi connectivity index (χ4n) is 3.34. The number of rotatable bonds is 4. The summed E-state index contributed by atoms with van der Waals surface area (Å²) in [4.78, 5) is 18.3. The van der Waals surface area contributed by atoms with Crippen molar-refractivity contribution >= 4 is 17.2 Å². The minimum absolute atomic E-state index is 0.0662. The summed E-state index contributed by atoms with van der Waals surface area (Å²) in [6, 6.07) is 2.10. The van der Waals surface area contributed by atoms with Crippen LogP contribution in [0.1, 0.15) is 54.9 Å². The Morgan fingerprint density at radius 1 is 1.35 bits per heavy atom. The van der Waals surface area contributed by atoms with E-state index in [1.165, 1.54) is 5.56 Å². The fraction of sp³-hybridized carbons (Fsp3) is 0.562. The van der Waals surface area contributed by atoms with Crippen LogP contribution in [-0.4, -0.2) is 34.0 Å². The number of nitrogens with zero attached hydrogens (tertiary/aromatic N) is 3. The molecule has 2 aliphatic rings. The largest absolute Gasteiger partial charge is 0.344 e. The lowest BCUT2D eigenvalue weighted by molar-refractivity contribution is -0.119. The van der Waals surface area contributed by atoms with Crippen molar-refractivity contribution in [2.75, 3.05) is 13.1 Å². The summed E-state index contributed by atoms with van der Waals surface area (Å²) in [5, 5.41) is 11.4. The van der Waals surface area contributed by atoms with Gasteiger partial charge in [-0.2, -0.15) is 16.3 Å². The molecule has 0 bridgehead atoms. The van der Waals surface area contributed by atoms with Crippen molar-refractivity contribution < 1.29 is 9.32 Å². The first kappa shape index (κ1) is 14.8. The van der Waals surface area contributed by atoms with E-state index >= 15 is 0 Å². The Bertz CT molecular complexity index is 661. The summed E-state index contributed by atoms with van der Waals surface area (Å²) < 4.78 is 5.37. The molecule has 4 rings (SSSR count). The number of nitrogens with one attached hydrogen (secondary N) is 1. The Morgan fingerprint density at radius 2 is 2.22 bits per heavy atom. The molecule has 2 aromatic rings. The third-order valence-corrected chi connectivity index (χ3v) is 5.42. The number of hydrogen-bond acceptors (Lipinski definition) is 6. The van der Waals surface area contributed by atoms with Crippen molar-refractivity contribution in [2.45, 2.75) is 44.2 Å². The first-order chi connectivity index (χ1) is 11.3. The predicted molar refractivity (Wildman–Crippen MR) is 86.0 cm³/mol. The van der Waals surface area contributed by atoms with Crippen LogP contribution < -0.4 is 5.32 Å². The van der Waals surface area contributed by atoms with E-state index in [4.69, 9.17) is 4.52 Å². The van der Waals surface area contributed by atoms with E-state index < -0.39 is 0 Å². The standard InChI is InChI=1S/C16H20N4O2S/c21-14-2-1-13(17-14)16-18-15(19-22-16)12-3-6-20(7-4-12)9-11-5-8-23-10-11/h5,8,10,12-13H,1-4,6-7,9H2,(H,17,21)/t13-/m0/s1. The monoisotopic (exact) mass is 332 g/mol. The van der Waals surface area contributed by atoms with Crippen LogP contribution in [0.2, 0.25) is 0 Å². The number of carbonyl (C=O) groups is 1. The molecule has 0 aliphatic carbocycles. The van der Waals surface area contributed by atoms with Gasteiger partial charge in [0, 0.05) is 18.9 Å². The summed E-state index contributed by atoms with van der Waals surface area (Å²) in [6.45, 7) is 3.15. The zero-order valence-corrected chi connectivity index (χ0v) is 13.7. The summed E-state index contributed by atoms with van der Waals surface area (Å²) in [6.07, 6.45) is 3.41. The Balaban J connectivity index is 1.33. The molecule has 2 aromatic heterocycles. The van der Waals surface area contributed by atoms with E-state index in [9.17, 15) is 4.79 Å². The molecule has 1 amide bonds. The van der Waals surface area contributed by atoms with Gasteiger partial charge in [-0.15, -0.1) is 0 Å². The lowest BCUT2D eigenvalue weighted by atomic mass is 9.96. The van der Waals surface area contributed by atoms with Crippen molar-refractivity contribution in [3.8, 4) is 0 Å². The third-order valence-electron chi connectivity index (χ3n) is 4.69. The molecule has 0 aromatic carbocycles. The lowest BCUT2D eigenvalue weighted by Crippen LogP contribution is -2.32. The second kappa shape index (κ2) is 6.41. The molecule has 0 unspecified atom stereocenters. The summed E-state index contributed by atoms with van der Waals surface area (Å²) in [7, 11) is 0. The van der Waals surface area contributed by atoms with Crippen LogP contribution in [0.3, 0.4) is 0 Å². The average molecular weight is 332 g/mol. The maximum absolute atomic E-state index is 11.3. The molecule has 6 nitrogen and oxygen atoms in total. The summed E-state index contributed by atoms with van der Waals surface area (Å²) >= 11 is 1.75. The van der Waals surface area contributed by atoms with E-state index in [2.05, 4.69) is 37.2 Å². The highest BCUT2D eigenvalue weighted by molar-refractivity contribution is 7.07. The second-order valence-corrected chi connectivity index (χ2v) is 7.11. The van der Waals surface area contributed by atoms with E-state index in [1.54, 1.807) is 11.3 Å². The Kier molecular flexibility index (Phi) is 4.13. The average Bonchev–Trinajstić information content (AvgIpc) is 3.29. The quantitative estimate of drug-likeness (QED) is 0.931. The molecular formula is C16H20N4O2S. The molecule has 122 valence electrons. The minimum Gasteiger partial charge on any atom is -0.344 e. The van der Waals surface area contributed by atoms with Crippen LogP contribution >= 0.6 is 11.3 Å². The molecule has 1 N–H and O–H groups in total. The number of carbonyl (C=O) groups excluding carboxylic acids is 1. The van der Waals surface area contributed by atoms with Crippen molar-refractivity contribution in [1.82, 2.24) is 20.4 Å². The Hall–Kier alpha value is -1.73. The van der Waals surface area contributed by atoms with Gasteiger partial charge < -0.3 is 9.84 Å². The van der Waals surface area contributed by atoms with Crippen molar-refractivity contribution in [2.24, 2.45) is 0 Å². The molecular weight excluding hydrogens is 312 g/mol. The van der Waals surface area contributed by atoms with Crippen LogP contribution in [-0.2, 0) is 11.3 Å². The molecule has 2 saturated heterocycles. The van der Waals surface area contributed by atoms with E-state index in [-0.39, 0.29) is 11.9 Å². The number of hydrogen-bond donors (Lipinski definition) is 1. The second-order valence-electron chi connectivity index (χ2n) is 6.33. The van der Waals surface area contributed by atoms with Gasteiger partial charge in [-0.05, 0) is 54.7 Å². The maximum atomic E-state index is 11.3. The number of thiophene rings is 1. The van der Waals surface area contributed by atoms with Gasteiger partial charge in [0.2, 0.25) is 11.8 Å². The fourth-order valence-corrected chi connectivity index (χ4v) is 4.00. The first-order valence-electron chi connectivity index (χ1n) is 8.14. The van der Waals surface area contributed by atoms with Gasteiger partial charge in [-0.25, -0.2) is 0 Å². The van der Waals surface area contributed by atoms with Crippen molar-refractivity contribution in [1.29, 1.82) is 0 Å². The Labute approximate surface area is 138 Å². The summed E-state index contributed by atoms with van der Waals surface area (Å²) in [5.74, 6) is 1.79. The molecule has 0 radical (unpaired) electrons. The van der Waals surface area contributed by atoms with Gasteiger partial charge in [0.15, 0.2) is 5.82 Å². The predicted octanol–water partition coefficient (Wildman–Crippen LogP) is 2.46. The molecule has 0 saturated carbocycles. The normalized spacial score (nSPS) is 23.3. The zero-order chi connectivity index (χ0) is 15.6. The molecule has 4 heterocycles. The van der Waals surface area contributed by atoms with Gasteiger partial charge in [0.05, 0.1) is 0 Å². The highest BCUT2D eigenvalue weighted by Crippen LogP contribution is 2.29. The first-order valence-corrected chi connectivity index (χ1v) is 9.08. The van der Waals surface area contributed by atoms with Gasteiger partial charge >= 0.3 is 0 Å². The number of piperidine rings is 1. The van der Waals surface area contributed by atoms with E-state index in [0.717, 1.165) is 44.7 Å². The van der Waals surface area contributed by atoms with Crippen LogP contribution in [0.15, 0.2) is 21.3 Å². The van der Waals surface area contributed by atoms with Crippen LogP contribution in [0, 0.1) is 0 Å².